The zero-order chi connectivity index (χ0) is 17.7. The molecule has 0 N–H and O–H groups in total. The Balaban J connectivity index is 2.02. The molecule has 128 valence electrons. The number of para-hydroxylation sites is 1. The van der Waals surface area contributed by atoms with Crippen molar-refractivity contribution in [1.29, 1.82) is 0 Å². The number of carbonyl (C=O) groups excluding carboxylic acids is 1. The van der Waals surface area contributed by atoms with Gasteiger partial charge in [-0.05, 0) is 37.0 Å². The van der Waals surface area contributed by atoms with Crippen LogP contribution in [0.25, 0.3) is 0 Å². The number of rotatable bonds is 6. The molecular weight excluding hydrogens is 298 g/mol. The maximum absolute atomic E-state index is 12.6. The Morgan fingerprint density at radius 3 is 2.29 bits per heavy atom. The molecule has 0 aliphatic rings. The fraction of sp³-hybridized carbons (Fsp3) is 0.381. The van der Waals surface area contributed by atoms with Crippen molar-refractivity contribution in [3.63, 3.8) is 0 Å². The third-order valence-corrected chi connectivity index (χ3v) is 4.11. The molecule has 0 bridgehead atoms. The number of likely N-dealkylation sites (N-methyl/N-ethyl adjacent to an activating group) is 1. The quantitative estimate of drug-likeness (QED) is 0.780. The van der Waals surface area contributed by atoms with E-state index in [1.807, 2.05) is 38.2 Å². The molecule has 2 rings (SSSR count). The highest BCUT2D eigenvalue weighted by molar-refractivity contribution is 5.80. The van der Waals surface area contributed by atoms with Crippen LogP contribution in [0, 0.1) is 6.92 Å². The zero-order valence-corrected chi connectivity index (χ0v) is 15.2. The predicted molar refractivity (Wildman–Crippen MR) is 98.3 cm³/mol. The summed E-state index contributed by atoms with van der Waals surface area (Å²) in [4.78, 5) is 14.3. The van der Waals surface area contributed by atoms with Crippen molar-refractivity contribution in [2.24, 2.45) is 0 Å². The van der Waals surface area contributed by atoms with Crippen LogP contribution in [0.15, 0.2) is 48.5 Å². The van der Waals surface area contributed by atoms with Gasteiger partial charge in [0.2, 0.25) is 0 Å². The van der Waals surface area contributed by atoms with Gasteiger partial charge in [-0.15, -0.1) is 0 Å². The summed E-state index contributed by atoms with van der Waals surface area (Å²) in [5.41, 5.74) is 3.46. The molecule has 2 aromatic rings. The minimum absolute atomic E-state index is 0.0193. The molecule has 0 aliphatic heterocycles. The molecule has 3 nitrogen and oxygen atoms in total. The van der Waals surface area contributed by atoms with Gasteiger partial charge in [0.1, 0.15) is 5.75 Å². The van der Waals surface area contributed by atoms with Crippen LogP contribution in [0.2, 0.25) is 0 Å². The van der Waals surface area contributed by atoms with Crippen LogP contribution in [0.1, 0.15) is 43.4 Å². The molecule has 0 aromatic heterocycles. The van der Waals surface area contributed by atoms with Gasteiger partial charge in [0.05, 0.1) is 0 Å². The molecule has 0 heterocycles. The second-order valence-electron chi connectivity index (χ2n) is 6.63. The summed E-state index contributed by atoms with van der Waals surface area (Å²) in [6.45, 7) is 8.70. The number of carbonyl (C=O) groups is 1. The van der Waals surface area contributed by atoms with Crippen molar-refractivity contribution >= 4 is 5.91 Å². The normalized spacial score (nSPS) is 12.1. The predicted octanol–water partition coefficient (Wildman–Crippen LogP) is 4.54. The smallest absolute Gasteiger partial charge is 0.263 e. The summed E-state index contributed by atoms with van der Waals surface area (Å²) in [6.07, 6.45) is -0.514. The summed E-state index contributed by atoms with van der Waals surface area (Å²) in [5.74, 6) is 1.13. The van der Waals surface area contributed by atoms with Crippen molar-refractivity contribution in [1.82, 2.24) is 4.90 Å². The highest BCUT2D eigenvalue weighted by atomic mass is 16.5. The molecule has 1 atom stereocenters. The third kappa shape index (κ3) is 4.60. The summed E-state index contributed by atoms with van der Waals surface area (Å²) in [7, 11) is 1.82. The largest absolute Gasteiger partial charge is 0.481 e. The van der Waals surface area contributed by atoms with Crippen molar-refractivity contribution in [3.8, 4) is 5.75 Å². The first-order chi connectivity index (χ1) is 11.4. The van der Waals surface area contributed by atoms with Gasteiger partial charge < -0.3 is 9.64 Å². The van der Waals surface area contributed by atoms with E-state index >= 15 is 0 Å². The van der Waals surface area contributed by atoms with Gasteiger partial charge >= 0.3 is 0 Å². The lowest BCUT2D eigenvalue weighted by Gasteiger charge is -2.23. The maximum atomic E-state index is 12.6. The van der Waals surface area contributed by atoms with Gasteiger partial charge in [0, 0.05) is 13.6 Å². The van der Waals surface area contributed by atoms with Gasteiger partial charge in [-0.2, -0.15) is 0 Å². The Labute approximate surface area is 145 Å². The molecule has 2 aromatic carbocycles. The summed E-state index contributed by atoms with van der Waals surface area (Å²) < 4.78 is 5.96. The molecule has 0 aliphatic carbocycles. The standard InChI is InChI=1S/C21H27NO2/c1-15(2)19-8-6-7-9-20(19)24-17(4)21(23)22(5)14-18-12-10-16(3)11-13-18/h6-13,15,17H,14H2,1-5H3/t17-/m1/s1. The fourth-order valence-corrected chi connectivity index (χ4v) is 2.66. The SMILES string of the molecule is Cc1ccc(CN(C)C(=O)[C@@H](C)Oc2ccccc2C(C)C)cc1. The Hall–Kier alpha value is -2.29. The Morgan fingerprint density at radius 1 is 1.04 bits per heavy atom. The zero-order valence-electron chi connectivity index (χ0n) is 15.2. The lowest BCUT2D eigenvalue weighted by molar-refractivity contribution is -0.137. The molecule has 0 unspecified atom stereocenters. The first kappa shape index (κ1) is 18.1. The van der Waals surface area contributed by atoms with E-state index in [4.69, 9.17) is 4.74 Å². The second kappa shape index (κ2) is 8.00. The molecular formula is C21H27NO2. The van der Waals surface area contributed by atoms with Crippen LogP contribution >= 0.6 is 0 Å². The molecule has 1 amide bonds. The van der Waals surface area contributed by atoms with Gasteiger partial charge in [0.15, 0.2) is 6.10 Å². The van der Waals surface area contributed by atoms with E-state index in [0.29, 0.717) is 12.5 Å². The van der Waals surface area contributed by atoms with Crippen LogP contribution in [0.3, 0.4) is 0 Å². The van der Waals surface area contributed by atoms with Crippen molar-refractivity contribution in [2.45, 2.75) is 46.3 Å². The van der Waals surface area contributed by atoms with Crippen LogP contribution in [-0.2, 0) is 11.3 Å². The molecule has 0 fully saturated rings. The number of ether oxygens (including phenoxy) is 1. The monoisotopic (exact) mass is 325 g/mol. The number of amides is 1. The average molecular weight is 325 g/mol. The van der Waals surface area contributed by atoms with E-state index in [2.05, 4.69) is 45.0 Å². The van der Waals surface area contributed by atoms with Crippen LogP contribution in [0.4, 0.5) is 0 Å². The first-order valence-corrected chi connectivity index (χ1v) is 8.44. The average Bonchev–Trinajstić information content (AvgIpc) is 2.56. The van der Waals surface area contributed by atoms with Gasteiger partial charge in [-0.3, -0.25) is 4.79 Å². The first-order valence-electron chi connectivity index (χ1n) is 8.44. The number of benzene rings is 2. The van der Waals surface area contributed by atoms with E-state index in [1.165, 1.54) is 5.56 Å². The summed E-state index contributed by atoms with van der Waals surface area (Å²) >= 11 is 0. The number of hydrogen-bond donors (Lipinski definition) is 0. The van der Waals surface area contributed by atoms with E-state index in [9.17, 15) is 4.79 Å². The van der Waals surface area contributed by atoms with Crippen molar-refractivity contribution < 1.29 is 9.53 Å². The van der Waals surface area contributed by atoms with Gasteiger partial charge in [-0.1, -0.05) is 61.9 Å². The van der Waals surface area contributed by atoms with Gasteiger partial charge in [0.25, 0.3) is 5.91 Å². The summed E-state index contributed by atoms with van der Waals surface area (Å²) in [5, 5.41) is 0. The lowest BCUT2D eigenvalue weighted by atomic mass is 10.0. The molecule has 0 radical (unpaired) electrons. The molecule has 0 saturated heterocycles. The van der Waals surface area contributed by atoms with Crippen molar-refractivity contribution in [2.75, 3.05) is 7.05 Å². The number of hydrogen-bond acceptors (Lipinski definition) is 2. The van der Waals surface area contributed by atoms with Crippen LogP contribution in [0.5, 0.6) is 5.75 Å². The minimum atomic E-state index is -0.514. The highest BCUT2D eigenvalue weighted by Gasteiger charge is 2.20. The molecule has 0 saturated carbocycles. The van der Waals surface area contributed by atoms with Crippen molar-refractivity contribution in [3.05, 3.63) is 65.2 Å². The number of aryl methyl sites for hydroxylation is 1. The molecule has 3 heteroatoms. The minimum Gasteiger partial charge on any atom is -0.481 e. The number of nitrogens with zero attached hydrogens (tertiary/aromatic N) is 1. The Kier molecular flexibility index (Phi) is 6.02. The Bertz CT molecular complexity index is 676. The highest BCUT2D eigenvalue weighted by Crippen LogP contribution is 2.27. The topological polar surface area (TPSA) is 29.5 Å². The van der Waals surface area contributed by atoms with Gasteiger partial charge in [-0.25, -0.2) is 0 Å². The fourth-order valence-electron chi connectivity index (χ4n) is 2.66. The lowest BCUT2D eigenvalue weighted by Crippen LogP contribution is -2.37. The molecule has 0 spiro atoms. The van der Waals surface area contributed by atoms with Crippen LogP contribution in [-0.4, -0.2) is 24.0 Å². The third-order valence-electron chi connectivity index (χ3n) is 4.11. The Morgan fingerprint density at radius 2 is 1.67 bits per heavy atom. The second-order valence-corrected chi connectivity index (χ2v) is 6.63. The molecule has 24 heavy (non-hydrogen) atoms. The maximum Gasteiger partial charge on any atom is 0.263 e. The summed E-state index contributed by atoms with van der Waals surface area (Å²) in [6, 6.07) is 16.1. The van der Waals surface area contributed by atoms with E-state index in [1.54, 1.807) is 4.90 Å². The van der Waals surface area contributed by atoms with Crippen LogP contribution < -0.4 is 4.74 Å². The van der Waals surface area contributed by atoms with E-state index in [0.717, 1.165) is 16.9 Å². The van der Waals surface area contributed by atoms with E-state index in [-0.39, 0.29) is 5.91 Å². The van der Waals surface area contributed by atoms with E-state index < -0.39 is 6.10 Å².